The molecule has 0 aliphatic heterocycles. The molecule has 0 fully saturated rings. The Labute approximate surface area is 308 Å². The molecule has 2 aromatic heterocycles. The number of nitrogens with two attached hydrogens (primary N) is 1. The summed E-state index contributed by atoms with van der Waals surface area (Å²) in [5, 5.41) is 9.28. The smallest absolute Gasteiger partial charge is 0.256 e. The zero-order chi connectivity index (χ0) is 36.1. The van der Waals surface area contributed by atoms with Crippen molar-refractivity contribution in [3.05, 3.63) is 10.6 Å². The van der Waals surface area contributed by atoms with E-state index in [0.717, 1.165) is 39.3 Å². The van der Waals surface area contributed by atoms with E-state index in [-0.39, 0.29) is 23.9 Å². The van der Waals surface area contributed by atoms with Crippen LogP contribution in [0.2, 0.25) is 10.6 Å². The SMILES string of the molecule is C.CCC.CCI.CN(C)CCN.CON(C)c1nc(Cl)nc(Cl)n1.CON(C)c1nc(NCCN(C)C)nc(NCCN(C)C)n1. The Morgan fingerprint density at radius 1 is 0.638 bits per heavy atom. The number of alkyl halides is 1. The average Bonchev–Trinajstić information content (AvgIpc) is 2.97. The van der Waals surface area contributed by atoms with Crippen molar-refractivity contribution in [2.45, 2.75) is 34.6 Å². The molecular weight excluding hydrogens is 762 g/mol. The van der Waals surface area contributed by atoms with Crippen LogP contribution in [0.1, 0.15) is 34.6 Å². The van der Waals surface area contributed by atoms with Gasteiger partial charge >= 0.3 is 0 Å². The van der Waals surface area contributed by atoms with Gasteiger partial charge in [-0.05, 0) is 69.9 Å². The van der Waals surface area contributed by atoms with Crippen molar-refractivity contribution < 1.29 is 9.68 Å². The lowest BCUT2D eigenvalue weighted by atomic mass is 10.5. The number of likely N-dealkylation sites (N-methyl/N-ethyl adjacent to an activating group) is 3. The van der Waals surface area contributed by atoms with Gasteiger partial charge in [0.25, 0.3) is 11.9 Å². The first-order chi connectivity index (χ1) is 21.6. The van der Waals surface area contributed by atoms with Gasteiger partial charge in [-0.1, -0.05) is 57.2 Å². The van der Waals surface area contributed by atoms with Crippen LogP contribution in [0.15, 0.2) is 0 Å². The molecule has 0 atom stereocenters. The number of hydrogen-bond acceptors (Lipinski definition) is 16. The van der Waals surface area contributed by atoms with Crippen LogP contribution >= 0.6 is 45.8 Å². The second-order valence-electron chi connectivity index (χ2n) is 9.84. The summed E-state index contributed by atoms with van der Waals surface area (Å²) in [7, 11) is 18.5. The lowest BCUT2D eigenvalue weighted by Crippen LogP contribution is -2.25. The maximum atomic E-state index is 5.52. The third kappa shape index (κ3) is 32.6. The monoisotopic (exact) mass is 824 g/mol. The van der Waals surface area contributed by atoms with Gasteiger partial charge in [0.2, 0.25) is 22.5 Å². The van der Waals surface area contributed by atoms with Crippen LogP contribution in [-0.2, 0) is 9.68 Å². The molecule has 47 heavy (non-hydrogen) atoms. The number of halogens is 3. The van der Waals surface area contributed by atoms with Gasteiger partial charge in [-0.25, -0.2) is 10.1 Å². The summed E-state index contributed by atoms with van der Waals surface area (Å²) in [6.45, 7) is 11.4. The van der Waals surface area contributed by atoms with Crippen molar-refractivity contribution in [2.75, 3.05) is 135 Å². The largest absolute Gasteiger partial charge is 0.353 e. The minimum absolute atomic E-state index is 0. The van der Waals surface area contributed by atoms with Gasteiger partial charge in [0, 0.05) is 53.4 Å². The Hall–Kier alpha value is -1.71. The molecule has 0 saturated heterocycles. The van der Waals surface area contributed by atoms with Crippen molar-refractivity contribution in [3.8, 4) is 0 Å². The van der Waals surface area contributed by atoms with Crippen LogP contribution in [0.4, 0.5) is 23.8 Å². The third-order valence-corrected chi connectivity index (χ3v) is 4.90. The van der Waals surface area contributed by atoms with Gasteiger partial charge in [0.05, 0.1) is 14.2 Å². The van der Waals surface area contributed by atoms with Crippen LogP contribution in [0, 0.1) is 0 Å². The zero-order valence-electron chi connectivity index (χ0n) is 30.1. The summed E-state index contributed by atoms with van der Waals surface area (Å²) in [6, 6.07) is 0. The highest BCUT2D eigenvalue weighted by atomic mass is 127. The van der Waals surface area contributed by atoms with Gasteiger partial charge in [0.15, 0.2) is 0 Å². The quantitative estimate of drug-likeness (QED) is 0.142. The molecule has 0 radical (unpaired) electrons. The van der Waals surface area contributed by atoms with Crippen LogP contribution in [-0.4, -0.2) is 159 Å². The zero-order valence-corrected chi connectivity index (χ0v) is 33.8. The summed E-state index contributed by atoms with van der Waals surface area (Å²) < 4.78 is 1.22. The van der Waals surface area contributed by atoms with Crippen LogP contribution < -0.4 is 26.5 Å². The van der Waals surface area contributed by atoms with Gasteiger partial charge in [-0.2, -0.15) is 29.9 Å². The lowest BCUT2D eigenvalue weighted by molar-refractivity contribution is 0.180. The Bertz CT molecular complexity index is 930. The molecule has 0 aliphatic carbocycles. The maximum Gasteiger partial charge on any atom is 0.256 e. The third-order valence-electron chi connectivity index (χ3n) is 4.56. The fraction of sp³-hybridized carbons (Fsp3) is 0.786. The van der Waals surface area contributed by atoms with Crippen molar-refractivity contribution in [3.63, 3.8) is 0 Å². The number of rotatable bonds is 14. The van der Waals surface area contributed by atoms with E-state index in [0.29, 0.717) is 17.8 Å². The number of hydrogen-bond donors (Lipinski definition) is 3. The van der Waals surface area contributed by atoms with E-state index >= 15 is 0 Å². The van der Waals surface area contributed by atoms with E-state index < -0.39 is 0 Å². The molecule has 0 bridgehead atoms. The molecule has 2 heterocycles. The summed E-state index contributed by atoms with van der Waals surface area (Å²) in [6.07, 6.45) is 1.25. The van der Waals surface area contributed by atoms with Crippen LogP contribution in [0.3, 0.4) is 0 Å². The first kappa shape index (κ1) is 52.1. The fourth-order valence-corrected chi connectivity index (χ4v) is 2.68. The van der Waals surface area contributed by atoms with E-state index in [1.54, 1.807) is 21.2 Å². The van der Waals surface area contributed by atoms with E-state index in [1.807, 2.05) is 42.3 Å². The molecule has 4 N–H and O–H groups in total. The highest BCUT2D eigenvalue weighted by Crippen LogP contribution is 2.13. The standard InChI is InChI=1S/C13H28N8O.C5H6Cl2N4O.C4H12N2.C3H8.C2H5I.CH4/c1-19(2)9-7-14-11-16-12(15-8-10-20(3)4)18-13(17-11)21(5)22-6;1-11(12-2)5-9-3(6)8-4(7)10-5;1-6(2)4-3-5;1-3-2;1-2-3;/h7-10H2,1-6H3,(H2,14,15,16,17,18);1-2H3;3-5H2,1-2H3;3H2,1-2H3;2H2,1H3;1H4. The molecular formula is C28H63Cl2IN14O2. The van der Waals surface area contributed by atoms with E-state index in [1.165, 1.54) is 28.1 Å². The predicted octanol–water partition coefficient (Wildman–Crippen LogP) is 3.99. The summed E-state index contributed by atoms with van der Waals surface area (Å²) in [5.74, 6) is 1.78. The number of hydroxylamine groups is 2. The minimum Gasteiger partial charge on any atom is -0.353 e. The molecule has 0 aliphatic rings. The molecule has 2 aromatic rings. The van der Waals surface area contributed by atoms with Gasteiger partial charge < -0.3 is 31.1 Å². The van der Waals surface area contributed by atoms with Gasteiger partial charge in [0.1, 0.15) is 0 Å². The van der Waals surface area contributed by atoms with Gasteiger partial charge in [-0.3, -0.25) is 9.68 Å². The highest BCUT2D eigenvalue weighted by molar-refractivity contribution is 14.1. The lowest BCUT2D eigenvalue weighted by Gasteiger charge is -2.17. The first-order valence-electron chi connectivity index (χ1n) is 14.7. The van der Waals surface area contributed by atoms with E-state index in [9.17, 15) is 0 Å². The minimum atomic E-state index is 0. The number of nitrogens with one attached hydrogen (secondary N) is 2. The predicted molar refractivity (Wildman–Crippen MR) is 209 cm³/mol. The second-order valence-corrected chi connectivity index (χ2v) is 12.0. The highest BCUT2D eigenvalue weighted by Gasteiger charge is 2.10. The average molecular weight is 826 g/mol. The molecule has 278 valence electrons. The Morgan fingerprint density at radius 3 is 1.21 bits per heavy atom. The number of anilines is 4. The number of aromatic nitrogens is 6. The van der Waals surface area contributed by atoms with Crippen molar-refractivity contribution >= 4 is 69.6 Å². The second kappa shape index (κ2) is 34.2. The van der Waals surface area contributed by atoms with E-state index in [2.05, 4.69) is 98.6 Å². The number of nitrogens with zero attached hydrogens (tertiary/aromatic N) is 11. The van der Waals surface area contributed by atoms with Gasteiger partial charge in [-0.15, -0.1) is 0 Å². The van der Waals surface area contributed by atoms with Crippen LogP contribution in [0.25, 0.3) is 0 Å². The Morgan fingerprint density at radius 2 is 0.957 bits per heavy atom. The Balaban J connectivity index is -0.000000309. The topological polar surface area (TPSA) is 162 Å². The van der Waals surface area contributed by atoms with Crippen LogP contribution in [0.5, 0.6) is 0 Å². The van der Waals surface area contributed by atoms with Crippen molar-refractivity contribution in [1.82, 2.24) is 44.6 Å². The molecule has 0 aromatic carbocycles. The fourth-order valence-electron chi connectivity index (χ4n) is 2.32. The molecule has 0 unspecified atom stereocenters. The first-order valence-corrected chi connectivity index (χ1v) is 17.0. The normalized spacial score (nSPS) is 9.79. The molecule has 2 rings (SSSR count). The summed E-state index contributed by atoms with van der Waals surface area (Å²) in [4.78, 5) is 40.4. The molecule has 0 saturated carbocycles. The molecule has 19 heteroatoms. The maximum absolute atomic E-state index is 5.52. The summed E-state index contributed by atoms with van der Waals surface area (Å²) >= 11 is 13.3. The molecule has 16 nitrogen and oxygen atoms in total. The van der Waals surface area contributed by atoms with E-state index in [4.69, 9.17) is 38.6 Å². The summed E-state index contributed by atoms with van der Waals surface area (Å²) in [5.41, 5.74) is 5.19. The molecule has 0 spiro atoms. The van der Waals surface area contributed by atoms with Crippen molar-refractivity contribution in [2.24, 2.45) is 5.73 Å². The Kier molecular flexibility index (Phi) is 37.9. The molecule has 0 amide bonds. The van der Waals surface area contributed by atoms with Crippen molar-refractivity contribution in [1.29, 1.82) is 0 Å².